The van der Waals surface area contributed by atoms with Crippen LogP contribution in [0.15, 0.2) is 54.6 Å². The summed E-state index contributed by atoms with van der Waals surface area (Å²) in [7, 11) is 0. The Balaban J connectivity index is 2.30. The summed E-state index contributed by atoms with van der Waals surface area (Å²) < 4.78 is 5.01. The smallest absolute Gasteiger partial charge is 0.318 e. The number of Topliss-reactive ketones (excluding diaryl/α,β-unsaturated/α-hetero) is 3. The molecule has 6 heteroatoms. The van der Waals surface area contributed by atoms with Gasteiger partial charge < -0.3 is 9.84 Å². The van der Waals surface area contributed by atoms with Crippen molar-refractivity contribution in [3.63, 3.8) is 0 Å². The van der Waals surface area contributed by atoms with Crippen LogP contribution in [0.2, 0.25) is 0 Å². The second-order valence-electron chi connectivity index (χ2n) is 6.68. The van der Waals surface area contributed by atoms with Crippen molar-refractivity contribution in [3.8, 4) is 0 Å². The van der Waals surface area contributed by atoms with Crippen molar-refractivity contribution in [1.29, 1.82) is 0 Å². The van der Waals surface area contributed by atoms with Gasteiger partial charge in [-0.3, -0.25) is 19.2 Å². The molecule has 0 aromatic heterocycles. The molecule has 0 fully saturated rings. The SMILES string of the molecule is CCOC(=O)[C@H](C(C)=O)C1([C@@H](O)c2ccccc2)C(=O)c2ccccc2C1=O. The van der Waals surface area contributed by atoms with Gasteiger partial charge >= 0.3 is 5.97 Å². The van der Waals surface area contributed by atoms with Crippen LogP contribution in [0.4, 0.5) is 0 Å². The molecule has 1 aliphatic rings. The highest BCUT2D eigenvalue weighted by molar-refractivity contribution is 6.33. The first-order valence-electron chi connectivity index (χ1n) is 8.96. The van der Waals surface area contributed by atoms with E-state index in [1.807, 2.05) is 0 Å². The summed E-state index contributed by atoms with van der Waals surface area (Å²) in [6, 6.07) is 14.1. The van der Waals surface area contributed by atoms with Gasteiger partial charge in [-0.2, -0.15) is 0 Å². The number of carbonyl (C=O) groups is 4. The first-order chi connectivity index (χ1) is 13.4. The lowest BCUT2D eigenvalue weighted by Gasteiger charge is -2.36. The van der Waals surface area contributed by atoms with E-state index in [0.29, 0.717) is 0 Å². The molecule has 2 aromatic carbocycles. The van der Waals surface area contributed by atoms with Crippen LogP contribution in [-0.2, 0) is 14.3 Å². The Hall–Kier alpha value is -3.12. The highest BCUT2D eigenvalue weighted by Crippen LogP contribution is 2.51. The predicted molar refractivity (Wildman–Crippen MR) is 99.7 cm³/mol. The van der Waals surface area contributed by atoms with E-state index in [-0.39, 0.29) is 23.3 Å². The monoisotopic (exact) mass is 380 g/mol. The molecule has 0 radical (unpaired) electrons. The maximum Gasteiger partial charge on any atom is 0.318 e. The number of rotatable bonds is 6. The largest absolute Gasteiger partial charge is 0.465 e. The molecule has 144 valence electrons. The number of hydrogen-bond acceptors (Lipinski definition) is 6. The molecule has 0 spiro atoms. The summed E-state index contributed by atoms with van der Waals surface area (Å²) in [5, 5.41) is 11.2. The average Bonchev–Trinajstić information content (AvgIpc) is 2.91. The molecule has 0 aliphatic heterocycles. The van der Waals surface area contributed by atoms with Gasteiger partial charge in [0.15, 0.2) is 11.6 Å². The number of esters is 1. The molecule has 6 nitrogen and oxygen atoms in total. The fourth-order valence-corrected chi connectivity index (χ4v) is 3.89. The second kappa shape index (κ2) is 7.48. The topological polar surface area (TPSA) is 97.7 Å². The van der Waals surface area contributed by atoms with E-state index >= 15 is 0 Å². The Morgan fingerprint density at radius 1 is 0.964 bits per heavy atom. The van der Waals surface area contributed by atoms with Crippen LogP contribution in [0.3, 0.4) is 0 Å². The molecular formula is C22H20O6. The van der Waals surface area contributed by atoms with E-state index in [2.05, 4.69) is 0 Å². The van der Waals surface area contributed by atoms with Crippen LogP contribution < -0.4 is 0 Å². The number of fused-ring (bicyclic) bond motifs is 1. The molecule has 3 rings (SSSR count). The summed E-state index contributed by atoms with van der Waals surface area (Å²) in [5.74, 6) is -4.98. The zero-order valence-electron chi connectivity index (χ0n) is 15.5. The average molecular weight is 380 g/mol. The molecule has 0 bridgehead atoms. The predicted octanol–water partition coefficient (Wildman–Crippen LogP) is 2.55. The molecule has 0 saturated carbocycles. The van der Waals surface area contributed by atoms with Crippen LogP contribution in [0.25, 0.3) is 0 Å². The van der Waals surface area contributed by atoms with Gasteiger partial charge in [-0.25, -0.2) is 0 Å². The number of hydrogen-bond donors (Lipinski definition) is 1. The number of aliphatic hydroxyl groups excluding tert-OH is 1. The van der Waals surface area contributed by atoms with Crippen molar-refractivity contribution in [2.75, 3.05) is 6.61 Å². The lowest BCUT2D eigenvalue weighted by atomic mass is 9.64. The summed E-state index contributed by atoms with van der Waals surface area (Å²) in [4.78, 5) is 52.1. The molecule has 2 atom stereocenters. The van der Waals surface area contributed by atoms with Crippen molar-refractivity contribution in [3.05, 3.63) is 71.3 Å². The highest BCUT2D eigenvalue weighted by atomic mass is 16.5. The van der Waals surface area contributed by atoms with Gasteiger partial charge in [-0.1, -0.05) is 54.6 Å². The van der Waals surface area contributed by atoms with Gasteiger partial charge in [0.25, 0.3) is 0 Å². The van der Waals surface area contributed by atoms with Crippen molar-refractivity contribution in [2.45, 2.75) is 20.0 Å². The van der Waals surface area contributed by atoms with Crippen LogP contribution in [0.1, 0.15) is 46.2 Å². The van der Waals surface area contributed by atoms with Gasteiger partial charge in [-0.05, 0) is 19.4 Å². The van der Waals surface area contributed by atoms with E-state index in [0.717, 1.165) is 6.92 Å². The van der Waals surface area contributed by atoms with Gasteiger partial charge in [-0.15, -0.1) is 0 Å². The summed E-state index contributed by atoms with van der Waals surface area (Å²) in [6.45, 7) is 2.64. The van der Waals surface area contributed by atoms with Crippen molar-refractivity contribution < 1.29 is 29.0 Å². The standard InChI is InChI=1S/C22H20O6/c1-3-28-21(27)17(13(2)23)22(18(24)14-9-5-4-6-10-14)19(25)15-11-7-8-12-16(15)20(22)26/h4-12,17-18,24H,3H2,1-2H3/t17-,18-/m0/s1. The molecule has 0 heterocycles. The van der Waals surface area contributed by atoms with E-state index in [1.165, 1.54) is 24.3 Å². The Bertz CT molecular complexity index is 912. The lowest BCUT2D eigenvalue weighted by Crippen LogP contribution is -2.52. The molecule has 0 unspecified atom stereocenters. The minimum Gasteiger partial charge on any atom is -0.465 e. The Labute approximate surface area is 162 Å². The Morgan fingerprint density at radius 2 is 1.46 bits per heavy atom. The lowest BCUT2D eigenvalue weighted by molar-refractivity contribution is -0.157. The number of carbonyl (C=O) groups excluding carboxylic acids is 4. The quantitative estimate of drug-likeness (QED) is 0.611. The van der Waals surface area contributed by atoms with Crippen LogP contribution in [0.5, 0.6) is 0 Å². The normalized spacial score (nSPS) is 17.0. The van der Waals surface area contributed by atoms with E-state index in [1.54, 1.807) is 37.3 Å². The first kappa shape index (κ1) is 19.6. The Kier molecular flexibility index (Phi) is 5.25. The van der Waals surface area contributed by atoms with E-state index in [9.17, 15) is 24.3 Å². The maximum atomic E-state index is 13.5. The minimum absolute atomic E-state index is 0.0323. The van der Waals surface area contributed by atoms with Gasteiger partial charge in [0.2, 0.25) is 0 Å². The molecule has 1 aliphatic carbocycles. The third kappa shape index (κ3) is 2.77. The van der Waals surface area contributed by atoms with E-state index < -0.39 is 40.8 Å². The third-order valence-electron chi connectivity index (χ3n) is 5.10. The zero-order chi connectivity index (χ0) is 20.5. The maximum absolute atomic E-state index is 13.5. The van der Waals surface area contributed by atoms with Crippen LogP contribution >= 0.6 is 0 Å². The Morgan fingerprint density at radius 3 is 1.93 bits per heavy atom. The van der Waals surface area contributed by atoms with Crippen molar-refractivity contribution in [2.24, 2.45) is 11.3 Å². The molecule has 1 N–H and O–H groups in total. The molecule has 0 saturated heterocycles. The highest BCUT2D eigenvalue weighted by Gasteiger charge is 2.66. The third-order valence-corrected chi connectivity index (χ3v) is 5.10. The number of ketones is 3. The fraction of sp³-hybridized carbons (Fsp3) is 0.273. The van der Waals surface area contributed by atoms with Gasteiger partial charge in [0.05, 0.1) is 6.61 Å². The zero-order valence-corrected chi connectivity index (χ0v) is 15.5. The first-order valence-corrected chi connectivity index (χ1v) is 8.96. The van der Waals surface area contributed by atoms with Crippen molar-refractivity contribution in [1.82, 2.24) is 0 Å². The molecular weight excluding hydrogens is 360 g/mol. The fourth-order valence-electron chi connectivity index (χ4n) is 3.89. The number of benzene rings is 2. The summed E-state index contributed by atoms with van der Waals surface area (Å²) in [6.07, 6.45) is -1.69. The van der Waals surface area contributed by atoms with Crippen LogP contribution in [-0.4, -0.2) is 35.0 Å². The van der Waals surface area contributed by atoms with Gasteiger partial charge in [0, 0.05) is 11.1 Å². The minimum atomic E-state index is -2.30. The number of aliphatic hydroxyl groups is 1. The van der Waals surface area contributed by atoms with Gasteiger partial charge in [0.1, 0.15) is 23.2 Å². The van der Waals surface area contributed by atoms with E-state index in [4.69, 9.17) is 4.74 Å². The van der Waals surface area contributed by atoms with Crippen molar-refractivity contribution >= 4 is 23.3 Å². The summed E-state index contributed by atoms with van der Waals surface area (Å²) >= 11 is 0. The summed E-state index contributed by atoms with van der Waals surface area (Å²) in [5.41, 5.74) is -1.88. The molecule has 0 amide bonds. The molecule has 28 heavy (non-hydrogen) atoms. The number of ether oxygens (including phenoxy) is 1. The molecule has 2 aromatic rings. The van der Waals surface area contributed by atoms with Crippen LogP contribution in [0, 0.1) is 11.3 Å². The second-order valence-corrected chi connectivity index (χ2v) is 6.68.